The summed E-state index contributed by atoms with van der Waals surface area (Å²) < 4.78 is 0. The number of aromatic hydroxyl groups is 1. The lowest BCUT2D eigenvalue weighted by Crippen LogP contribution is -2.38. The molecule has 1 aromatic rings. The number of phenols is 1. The molecule has 0 saturated heterocycles. The van der Waals surface area contributed by atoms with E-state index in [0.717, 1.165) is 0 Å². The lowest BCUT2D eigenvalue weighted by atomic mass is 10.2. The van der Waals surface area contributed by atoms with Crippen LogP contribution in [0, 0.1) is 11.3 Å². The minimum absolute atomic E-state index is 0.194. The Labute approximate surface area is 116 Å². The molecule has 0 aliphatic carbocycles. The van der Waals surface area contributed by atoms with Crippen LogP contribution in [0.3, 0.4) is 0 Å². The Balaban J connectivity index is 2.84. The van der Waals surface area contributed by atoms with Crippen molar-refractivity contribution in [1.82, 2.24) is 4.90 Å². The quantitative estimate of drug-likeness (QED) is 0.727. The van der Waals surface area contributed by atoms with Gasteiger partial charge in [0, 0.05) is 18.8 Å². The van der Waals surface area contributed by atoms with Crippen LogP contribution in [0.4, 0.5) is 10.5 Å². The van der Waals surface area contributed by atoms with E-state index in [2.05, 4.69) is 5.32 Å². The van der Waals surface area contributed by atoms with Crippen molar-refractivity contribution in [3.63, 3.8) is 0 Å². The van der Waals surface area contributed by atoms with Gasteiger partial charge in [-0.1, -0.05) is 0 Å². The number of nitrogens with zero attached hydrogens (tertiary/aromatic N) is 2. The van der Waals surface area contributed by atoms with Gasteiger partial charge >= 0.3 is 12.0 Å². The summed E-state index contributed by atoms with van der Waals surface area (Å²) in [5, 5.41) is 29.3. The zero-order valence-corrected chi connectivity index (χ0v) is 11.1. The standard InChI is InChI=1S/C13H15N3O4/c1-8(5-6-14)16(2)13(20)15-9-3-4-11(17)10(7-9)12(18)19/h3-4,7-8,17H,5H2,1-2H3,(H,15,20)(H,18,19). The SMILES string of the molecule is CC(CC#N)N(C)C(=O)Nc1ccc(O)c(C(=O)O)c1. The molecule has 7 nitrogen and oxygen atoms in total. The number of hydrogen-bond acceptors (Lipinski definition) is 4. The molecule has 1 rings (SSSR count). The van der Waals surface area contributed by atoms with Crippen LogP contribution in [0.5, 0.6) is 5.75 Å². The maximum absolute atomic E-state index is 11.9. The summed E-state index contributed by atoms with van der Waals surface area (Å²) in [7, 11) is 1.54. The van der Waals surface area contributed by atoms with E-state index in [1.807, 2.05) is 6.07 Å². The van der Waals surface area contributed by atoms with E-state index in [1.54, 1.807) is 6.92 Å². The largest absolute Gasteiger partial charge is 0.507 e. The van der Waals surface area contributed by atoms with Crippen LogP contribution in [0.25, 0.3) is 0 Å². The number of benzene rings is 1. The highest BCUT2D eigenvalue weighted by Crippen LogP contribution is 2.21. The third-order valence-electron chi connectivity index (χ3n) is 2.85. The van der Waals surface area contributed by atoms with E-state index in [4.69, 9.17) is 10.4 Å². The number of nitrogens with one attached hydrogen (secondary N) is 1. The fourth-order valence-electron chi connectivity index (χ4n) is 1.47. The molecule has 7 heteroatoms. The van der Waals surface area contributed by atoms with Crippen LogP contribution < -0.4 is 5.32 Å². The van der Waals surface area contributed by atoms with E-state index >= 15 is 0 Å². The number of carboxylic acids is 1. The molecule has 0 radical (unpaired) electrons. The van der Waals surface area contributed by atoms with Crippen LogP contribution >= 0.6 is 0 Å². The Bertz CT molecular complexity index is 565. The van der Waals surface area contributed by atoms with Crippen molar-refractivity contribution in [2.75, 3.05) is 12.4 Å². The molecule has 0 bridgehead atoms. The predicted molar refractivity (Wildman–Crippen MR) is 71.5 cm³/mol. The number of hydrogen-bond donors (Lipinski definition) is 3. The summed E-state index contributed by atoms with van der Waals surface area (Å²) in [6.07, 6.45) is 0.194. The highest BCUT2D eigenvalue weighted by Gasteiger charge is 2.17. The van der Waals surface area contributed by atoms with Gasteiger partial charge in [0.15, 0.2) is 0 Å². The summed E-state index contributed by atoms with van der Waals surface area (Å²) >= 11 is 0. The predicted octanol–water partition coefficient (Wildman–Crippen LogP) is 1.86. The molecule has 1 aromatic carbocycles. The summed E-state index contributed by atoms with van der Waals surface area (Å²) in [5.41, 5.74) is -0.0447. The van der Waals surface area contributed by atoms with Crippen molar-refractivity contribution in [3.05, 3.63) is 23.8 Å². The normalized spacial score (nSPS) is 11.2. The van der Waals surface area contributed by atoms with Gasteiger partial charge in [-0.25, -0.2) is 9.59 Å². The van der Waals surface area contributed by atoms with E-state index in [1.165, 1.54) is 30.1 Å². The van der Waals surface area contributed by atoms with Gasteiger partial charge in [0.25, 0.3) is 0 Å². The Hall–Kier alpha value is -2.75. The fourth-order valence-corrected chi connectivity index (χ4v) is 1.47. The average Bonchev–Trinajstić information content (AvgIpc) is 2.39. The fraction of sp³-hybridized carbons (Fsp3) is 0.308. The molecule has 106 valence electrons. The summed E-state index contributed by atoms with van der Waals surface area (Å²) in [6, 6.07) is 4.98. The van der Waals surface area contributed by atoms with Crippen LogP contribution in [0.15, 0.2) is 18.2 Å². The van der Waals surface area contributed by atoms with Gasteiger partial charge in [-0.15, -0.1) is 0 Å². The number of urea groups is 1. The molecule has 2 amide bonds. The number of anilines is 1. The van der Waals surface area contributed by atoms with E-state index in [-0.39, 0.29) is 29.5 Å². The van der Waals surface area contributed by atoms with Gasteiger partial charge in [0.1, 0.15) is 11.3 Å². The molecule has 0 spiro atoms. The van der Waals surface area contributed by atoms with Crippen molar-refractivity contribution >= 4 is 17.7 Å². The number of aromatic carboxylic acids is 1. The van der Waals surface area contributed by atoms with E-state index < -0.39 is 12.0 Å². The molecule has 1 atom stereocenters. The minimum atomic E-state index is -1.29. The number of carbonyl (C=O) groups is 2. The Morgan fingerprint density at radius 2 is 2.15 bits per heavy atom. The minimum Gasteiger partial charge on any atom is -0.507 e. The zero-order valence-electron chi connectivity index (χ0n) is 11.1. The van der Waals surface area contributed by atoms with Gasteiger partial charge in [0.05, 0.1) is 12.5 Å². The molecule has 1 unspecified atom stereocenters. The summed E-state index contributed by atoms with van der Waals surface area (Å²) in [4.78, 5) is 24.1. The summed E-state index contributed by atoms with van der Waals surface area (Å²) in [6.45, 7) is 1.72. The van der Waals surface area contributed by atoms with Gasteiger partial charge in [-0.05, 0) is 25.1 Å². The second-order valence-corrected chi connectivity index (χ2v) is 4.29. The van der Waals surface area contributed by atoms with Gasteiger partial charge in [0.2, 0.25) is 0 Å². The molecule has 0 fully saturated rings. The van der Waals surface area contributed by atoms with Crippen LogP contribution in [-0.2, 0) is 0 Å². The monoisotopic (exact) mass is 277 g/mol. The molecule has 0 aromatic heterocycles. The second kappa shape index (κ2) is 6.43. The van der Waals surface area contributed by atoms with Crippen LogP contribution in [0.2, 0.25) is 0 Å². The molecular formula is C13H15N3O4. The molecule has 0 heterocycles. The van der Waals surface area contributed by atoms with Crippen molar-refractivity contribution in [3.8, 4) is 11.8 Å². The number of nitriles is 1. The number of carbonyl (C=O) groups excluding carboxylic acids is 1. The highest BCUT2D eigenvalue weighted by atomic mass is 16.4. The lowest BCUT2D eigenvalue weighted by Gasteiger charge is -2.23. The van der Waals surface area contributed by atoms with Crippen molar-refractivity contribution in [2.45, 2.75) is 19.4 Å². The zero-order chi connectivity index (χ0) is 15.3. The highest BCUT2D eigenvalue weighted by molar-refractivity contribution is 5.95. The third kappa shape index (κ3) is 3.62. The Morgan fingerprint density at radius 1 is 1.50 bits per heavy atom. The smallest absolute Gasteiger partial charge is 0.339 e. The maximum Gasteiger partial charge on any atom is 0.339 e. The first-order valence-corrected chi connectivity index (χ1v) is 5.84. The average molecular weight is 277 g/mol. The topological polar surface area (TPSA) is 114 Å². The van der Waals surface area contributed by atoms with Crippen molar-refractivity contribution in [2.24, 2.45) is 0 Å². The van der Waals surface area contributed by atoms with E-state index in [9.17, 15) is 14.7 Å². The first kappa shape index (κ1) is 15.3. The maximum atomic E-state index is 11.9. The molecule has 0 saturated carbocycles. The molecule has 0 aliphatic rings. The van der Waals surface area contributed by atoms with Crippen LogP contribution in [0.1, 0.15) is 23.7 Å². The molecular weight excluding hydrogens is 262 g/mol. The summed E-state index contributed by atoms with van der Waals surface area (Å²) in [5.74, 6) is -1.66. The first-order valence-electron chi connectivity index (χ1n) is 5.84. The Kier molecular flexibility index (Phi) is 4.92. The second-order valence-electron chi connectivity index (χ2n) is 4.29. The Morgan fingerprint density at radius 3 is 2.70 bits per heavy atom. The lowest BCUT2D eigenvalue weighted by molar-refractivity contribution is 0.0693. The first-order chi connectivity index (χ1) is 9.36. The molecule has 3 N–H and O–H groups in total. The van der Waals surface area contributed by atoms with Gasteiger partial charge in [-0.2, -0.15) is 5.26 Å². The number of rotatable bonds is 4. The van der Waals surface area contributed by atoms with Crippen LogP contribution in [-0.4, -0.2) is 40.2 Å². The number of amides is 2. The number of carboxylic acid groups (broad SMARTS) is 1. The van der Waals surface area contributed by atoms with Gasteiger partial charge < -0.3 is 20.4 Å². The van der Waals surface area contributed by atoms with Crippen molar-refractivity contribution in [1.29, 1.82) is 5.26 Å². The third-order valence-corrected chi connectivity index (χ3v) is 2.85. The van der Waals surface area contributed by atoms with E-state index in [0.29, 0.717) is 0 Å². The van der Waals surface area contributed by atoms with Gasteiger partial charge in [-0.3, -0.25) is 0 Å². The molecule has 0 aliphatic heterocycles. The van der Waals surface area contributed by atoms with Crippen molar-refractivity contribution < 1.29 is 19.8 Å². The molecule has 20 heavy (non-hydrogen) atoms.